The highest BCUT2D eigenvalue weighted by Gasteiger charge is 2.30. The van der Waals surface area contributed by atoms with E-state index in [0.29, 0.717) is 10.8 Å². The highest BCUT2D eigenvalue weighted by molar-refractivity contribution is 8.14. The van der Waals surface area contributed by atoms with E-state index in [-0.39, 0.29) is 11.9 Å². The van der Waals surface area contributed by atoms with Gasteiger partial charge >= 0.3 is 0 Å². The fraction of sp³-hybridized carbons (Fsp3) is 0.778. The Kier molecular flexibility index (Phi) is 4.25. The molecule has 5 heteroatoms. The minimum atomic E-state index is -0.0715. The molecule has 0 aromatic heterocycles. The quantitative estimate of drug-likeness (QED) is 0.575. The molecule has 0 aromatic carbocycles. The third-order valence-electron chi connectivity index (χ3n) is 2.34. The van der Waals surface area contributed by atoms with E-state index < -0.39 is 0 Å². The minimum absolute atomic E-state index is 0.0715. The molecule has 0 spiro atoms. The fourth-order valence-corrected chi connectivity index (χ4v) is 2.31. The van der Waals surface area contributed by atoms with E-state index in [1.54, 1.807) is 4.90 Å². The van der Waals surface area contributed by atoms with Gasteiger partial charge in [0.2, 0.25) is 5.91 Å². The molecule has 0 saturated carbocycles. The first-order valence-corrected chi connectivity index (χ1v) is 5.83. The lowest BCUT2D eigenvalue weighted by molar-refractivity contribution is -0.129. The van der Waals surface area contributed by atoms with Gasteiger partial charge in [-0.15, -0.1) is 0 Å². The van der Waals surface area contributed by atoms with Gasteiger partial charge in [-0.3, -0.25) is 4.79 Å². The maximum absolute atomic E-state index is 11.5. The number of thioether (sulfide) groups is 1. The van der Waals surface area contributed by atoms with Crippen molar-refractivity contribution in [2.75, 3.05) is 12.3 Å². The molecular weight excluding hydrogens is 200 g/mol. The van der Waals surface area contributed by atoms with Crippen molar-refractivity contribution in [2.45, 2.75) is 32.7 Å². The molecule has 0 radical (unpaired) electrons. The van der Waals surface area contributed by atoms with Crippen molar-refractivity contribution < 1.29 is 10.0 Å². The fourth-order valence-electron chi connectivity index (χ4n) is 1.45. The van der Waals surface area contributed by atoms with Crippen LogP contribution < -0.4 is 0 Å². The van der Waals surface area contributed by atoms with Gasteiger partial charge in [0, 0.05) is 6.54 Å². The third-order valence-corrected chi connectivity index (χ3v) is 3.45. The average molecular weight is 216 g/mol. The molecule has 4 nitrogen and oxygen atoms in total. The van der Waals surface area contributed by atoms with E-state index in [9.17, 15) is 4.79 Å². The molecule has 1 rings (SSSR count). The molecular formula is C9H16N2O2S. The van der Waals surface area contributed by atoms with E-state index >= 15 is 0 Å². The highest BCUT2D eigenvalue weighted by atomic mass is 32.2. The van der Waals surface area contributed by atoms with Gasteiger partial charge in [-0.1, -0.05) is 30.3 Å². The highest BCUT2D eigenvalue weighted by Crippen LogP contribution is 2.20. The van der Waals surface area contributed by atoms with Crippen molar-refractivity contribution >= 4 is 22.7 Å². The number of carbonyl (C=O) groups excluding carboxylic acids is 1. The third kappa shape index (κ3) is 2.41. The molecule has 0 aliphatic carbocycles. The maximum atomic E-state index is 11.5. The van der Waals surface area contributed by atoms with Gasteiger partial charge in [0.05, 0.1) is 11.8 Å². The van der Waals surface area contributed by atoms with Crippen LogP contribution in [0.4, 0.5) is 0 Å². The van der Waals surface area contributed by atoms with Crippen LogP contribution in [-0.2, 0) is 4.79 Å². The van der Waals surface area contributed by atoms with Gasteiger partial charge in [-0.2, -0.15) is 0 Å². The molecule has 0 bridgehead atoms. The molecule has 1 aliphatic rings. The zero-order valence-corrected chi connectivity index (χ0v) is 9.38. The molecule has 1 N–H and O–H groups in total. The summed E-state index contributed by atoms with van der Waals surface area (Å²) in [5, 5.41) is 12.6. The number of hydrogen-bond acceptors (Lipinski definition) is 4. The van der Waals surface area contributed by atoms with Gasteiger partial charge in [0.25, 0.3) is 0 Å². The van der Waals surface area contributed by atoms with Crippen molar-refractivity contribution in [1.82, 2.24) is 4.90 Å². The average Bonchev–Trinajstić information content (AvgIpc) is 2.18. The summed E-state index contributed by atoms with van der Waals surface area (Å²) in [7, 11) is 0. The summed E-state index contributed by atoms with van der Waals surface area (Å²) in [6, 6.07) is -0.0715. The van der Waals surface area contributed by atoms with Crippen molar-refractivity contribution in [3.05, 3.63) is 0 Å². The molecule has 1 unspecified atom stereocenters. The largest absolute Gasteiger partial charge is 0.410 e. The Morgan fingerprint density at radius 2 is 2.43 bits per heavy atom. The summed E-state index contributed by atoms with van der Waals surface area (Å²) < 4.78 is 0. The molecule has 14 heavy (non-hydrogen) atoms. The molecule has 0 aromatic rings. The number of carbonyl (C=O) groups is 1. The second-order valence-corrected chi connectivity index (χ2v) is 4.34. The molecule has 1 aliphatic heterocycles. The van der Waals surface area contributed by atoms with Gasteiger partial charge in [0.1, 0.15) is 5.04 Å². The van der Waals surface area contributed by atoms with Crippen LogP contribution in [0.2, 0.25) is 0 Å². The summed E-state index contributed by atoms with van der Waals surface area (Å²) >= 11 is 1.33. The van der Waals surface area contributed by atoms with Crippen LogP contribution in [0.3, 0.4) is 0 Å². The number of nitrogens with zero attached hydrogens (tertiary/aromatic N) is 2. The SMILES string of the molecule is CCCCN1C(=O)CSC(=NO)C1C. The van der Waals surface area contributed by atoms with Crippen LogP contribution in [-0.4, -0.2) is 39.4 Å². The summed E-state index contributed by atoms with van der Waals surface area (Å²) in [4.78, 5) is 13.3. The van der Waals surface area contributed by atoms with E-state index in [1.807, 2.05) is 6.92 Å². The number of amides is 1. The van der Waals surface area contributed by atoms with Crippen LogP contribution >= 0.6 is 11.8 Å². The van der Waals surface area contributed by atoms with Crippen LogP contribution in [0.25, 0.3) is 0 Å². The topological polar surface area (TPSA) is 52.9 Å². The smallest absolute Gasteiger partial charge is 0.233 e. The van der Waals surface area contributed by atoms with Crippen molar-refractivity contribution in [1.29, 1.82) is 0 Å². The number of rotatable bonds is 3. The summed E-state index contributed by atoms with van der Waals surface area (Å²) in [6.45, 7) is 4.75. The van der Waals surface area contributed by atoms with Crippen LogP contribution in [0.5, 0.6) is 0 Å². The van der Waals surface area contributed by atoms with Gasteiger partial charge in [-0.05, 0) is 13.3 Å². The van der Waals surface area contributed by atoms with Crippen LogP contribution in [0.15, 0.2) is 5.16 Å². The predicted molar refractivity (Wildman–Crippen MR) is 57.8 cm³/mol. The van der Waals surface area contributed by atoms with Crippen molar-refractivity contribution in [3.63, 3.8) is 0 Å². The van der Waals surface area contributed by atoms with E-state index in [4.69, 9.17) is 5.21 Å². The predicted octanol–water partition coefficient (Wildman–Crippen LogP) is 1.54. The minimum Gasteiger partial charge on any atom is -0.410 e. The van der Waals surface area contributed by atoms with E-state index in [2.05, 4.69) is 12.1 Å². The van der Waals surface area contributed by atoms with Crippen LogP contribution in [0.1, 0.15) is 26.7 Å². The Labute approximate surface area is 88.3 Å². The molecule has 1 amide bonds. The summed E-state index contributed by atoms with van der Waals surface area (Å²) in [6.07, 6.45) is 2.06. The second-order valence-electron chi connectivity index (χ2n) is 3.34. The zero-order valence-electron chi connectivity index (χ0n) is 8.56. The Bertz CT molecular complexity index is 243. The number of unbranched alkanes of at least 4 members (excludes halogenated alkanes) is 1. The maximum Gasteiger partial charge on any atom is 0.233 e. The molecule has 1 saturated heterocycles. The Morgan fingerprint density at radius 3 is 3.00 bits per heavy atom. The van der Waals surface area contributed by atoms with Crippen LogP contribution in [0, 0.1) is 0 Å². The first-order valence-electron chi connectivity index (χ1n) is 4.85. The van der Waals surface area contributed by atoms with Gasteiger partial charge in [-0.25, -0.2) is 0 Å². The lowest BCUT2D eigenvalue weighted by Crippen LogP contribution is -2.47. The lowest BCUT2D eigenvalue weighted by atomic mass is 10.2. The van der Waals surface area contributed by atoms with Gasteiger partial charge in [0.15, 0.2) is 0 Å². The second kappa shape index (κ2) is 5.24. The molecule has 1 heterocycles. The Balaban J connectivity index is 2.63. The van der Waals surface area contributed by atoms with E-state index in [0.717, 1.165) is 19.4 Å². The summed E-state index contributed by atoms with van der Waals surface area (Å²) in [5.41, 5.74) is 0. The Morgan fingerprint density at radius 1 is 1.71 bits per heavy atom. The first kappa shape index (κ1) is 11.4. The lowest BCUT2D eigenvalue weighted by Gasteiger charge is -2.33. The standard InChI is InChI=1S/C9H16N2O2S/c1-3-4-5-11-7(2)9(10-13)14-6-8(11)12/h7,13H,3-6H2,1-2H3. The number of hydrogen-bond donors (Lipinski definition) is 1. The molecule has 80 valence electrons. The first-order chi connectivity index (χ1) is 6.70. The van der Waals surface area contributed by atoms with Crippen molar-refractivity contribution in [3.8, 4) is 0 Å². The normalized spacial score (nSPS) is 25.9. The van der Waals surface area contributed by atoms with Gasteiger partial charge < -0.3 is 10.1 Å². The van der Waals surface area contributed by atoms with E-state index in [1.165, 1.54) is 11.8 Å². The van der Waals surface area contributed by atoms with Crippen molar-refractivity contribution in [2.24, 2.45) is 5.16 Å². The zero-order chi connectivity index (χ0) is 10.6. The monoisotopic (exact) mass is 216 g/mol. The number of oxime groups is 1. The Hall–Kier alpha value is -0.710. The molecule has 1 atom stereocenters. The molecule has 1 fully saturated rings. The summed E-state index contributed by atoms with van der Waals surface area (Å²) in [5.74, 6) is 0.538.